The van der Waals surface area contributed by atoms with Gasteiger partial charge in [0.25, 0.3) is 5.91 Å². The Hall–Kier alpha value is -2.55. The first-order valence-corrected chi connectivity index (χ1v) is 9.38. The summed E-state index contributed by atoms with van der Waals surface area (Å²) >= 11 is 5.92. The predicted octanol–water partition coefficient (Wildman–Crippen LogP) is 2.14. The number of nitrogens with zero attached hydrogens (tertiary/aromatic N) is 2. The molecule has 3 rings (SSSR count). The van der Waals surface area contributed by atoms with Crippen LogP contribution in [0.1, 0.15) is 10.5 Å². The van der Waals surface area contributed by atoms with Gasteiger partial charge in [-0.25, -0.2) is 13.4 Å². The van der Waals surface area contributed by atoms with Crippen LogP contribution in [0.25, 0.3) is 22.0 Å². The molecule has 0 aliphatic carbocycles. The molecule has 0 unspecified atom stereocenters. The lowest BCUT2D eigenvalue weighted by Gasteiger charge is -2.08. The lowest BCUT2D eigenvalue weighted by molar-refractivity contribution is 0.0940. The Labute approximate surface area is 149 Å². The van der Waals surface area contributed by atoms with Crippen LogP contribution < -0.4 is 10.3 Å². The SMILES string of the molecule is CS(=O)(=O)NNC(=O)c1ccc2cncc(-c3ccc(Cl)cc3)c2n1. The largest absolute Gasteiger partial charge is 0.284 e. The number of aromatic nitrogens is 2. The van der Waals surface area contributed by atoms with E-state index in [9.17, 15) is 13.2 Å². The van der Waals surface area contributed by atoms with E-state index < -0.39 is 15.9 Å². The summed E-state index contributed by atoms with van der Waals surface area (Å²) in [7, 11) is -3.56. The van der Waals surface area contributed by atoms with Crippen molar-refractivity contribution in [1.29, 1.82) is 0 Å². The number of fused-ring (bicyclic) bond motifs is 1. The van der Waals surface area contributed by atoms with Gasteiger partial charge in [0.1, 0.15) is 5.69 Å². The average Bonchev–Trinajstić information content (AvgIpc) is 2.59. The Kier molecular flexibility index (Phi) is 4.67. The van der Waals surface area contributed by atoms with Crippen molar-refractivity contribution < 1.29 is 13.2 Å². The molecule has 0 bridgehead atoms. The predicted molar refractivity (Wildman–Crippen MR) is 95.4 cm³/mol. The van der Waals surface area contributed by atoms with Crippen molar-refractivity contribution in [2.75, 3.05) is 6.26 Å². The van der Waals surface area contributed by atoms with Crippen LogP contribution in [0, 0.1) is 0 Å². The highest BCUT2D eigenvalue weighted by Crippen LogP contribution is 2.27. The highest BCUT2D eigenvalue weighted by Gasteiger charge is 2.13. The minimum absolute atomic E-state index is 0.0741. The Morgan fingerprint density at radius 2 is 1.80 bits per heavy atom. The third-order valence-electron chi connectivity index (χ3n) is 3.34. The average molecular weight is 377 g/mol. The van der Waals surface area contributed by atoms with Crippen molar-refractivity contribution in [2.24, 2.45) is 0 Å². The van der Waals surface area contributed by atoms with E-state index >= 15 is 0 Å². The van der Waals surface area contributed by atoms with Gasteiger partial charge in [0.05, 0.1) is 11.8 Å². The number of sulfonamides is 1. The van der Waals surface area contributed by atoms with Crippen LogP contribution in [0.4, 0.5) is 0 Å². The maximum Gasteiger partial charge on any atom is 0.284 e. The summed E-state index contributed by atoms with van der Waals surface area (Å²) in [4.78, 5) is 22.6. The number of hydrogen-bond donors (Lipinski definition) is 2. The molecule has 0 aliphatic heterocycles. The molecule has 2 aromatic heterocycles. The van der Waals surface area contributed by atoms with Crippen LogP contribution in [0.2, 0.25) is 5.02 Å². The zero-order valence-electron chi connectivity index (χ0n) is 13.0. The van der Waals surface area contributed by atoms with Crippen LogP contribution >= 0.6 is 11.6 Å². The molecule has 25 heavy (non-hydrogen) atoms. The van der Waals surface area contributed by atoms with Crippen LogP contribution in [-0.4, -0.2) is 30.5 Å². The monoisotopic (exact) mass is 376 g/mol. The van der Waals surface area contributed by atoms with Gasteiger partial charge in [-0.1, -0.05) is 23.7 Å². The van der Waals surface area contributed by atoms with Gasteiger partial charge in [0, 0.05) is 28.4 Å². The number of benzene rings is 1. The number of hydrogen-bond acceptors (Lipinski definition) is 5. The normalized spacial score (nSPS) is 11.4. The second kappa shape index (κ2) is 6.75. The van der Waals surface area contributed by atoms with Gasteiger partial charge in [-0.3, -0.25) is 15.2 Å². The van der Waals surface area contributed by atoms with Crippen LogP contribution in [0.15, 0.2) is 48.8 Å². The molecular weight excluding hydrogens is 364 g/mol. The molecule has 0 fully saturated rings. The van der Waals surface area contributed by atoms with Gasteiger partial charge in [0.2, 0.25) is 10.0 Å². The number of halogens is 1. The summed E-state index contributed by atoms with van der Waals surface area (Å²) in [5, 5.41) is 1.36. The topological polar surface area (TPSA) is 101 Å². The molecule has 0 atom stereocenters. The van der Waals surface area contributed by atoms with E-state index in [1.165, 1.54) is 6.07 Å². The molecular formula is C16H13ClN4O3S. The first-order chi connectivity index (χ1) is 11.8. The molecule has 0 saturated carbocycles. The van der Waals surface area contributed by atoms with E-state index in [0.717, 1.165) is 22.8 Å². The quantitative estimate of drug-likeness (QED) is 0.679. The second-order valence-electron chi connectivity index (χ2n) is 5.29. The van der Waals surface area contributed by atoms with Gasteiger partial charge in [-0.15, -0.1) is 4.83 Å². The van der Waals surface area contributed by atoms with E-state index in [-0.39, 0.29) is 5.69 Å². The third-order valence-corrected chi connectivity index (χ3v) is 4.06. The fourth-order valence-corrected chi connectivity index (χ4v) is 2.62. The van der Waals surface area contributed by atoms with Crippen LogP contribution in [-0.2, 0) is 10.0 Å². The Morgan fingerprint density at radius 3 is 2.48 bits per heavy atom. The first kappa shape index (κ1) is 17.3. The summed E-state index contributed by atoms with van der Waals surface area (Å²) in [5.74, 6) is -0.661. The highest BCUT2D eigenvalue weighted by molar-refractivity contribution is 7.88. The number of rotatable bonds is 4. The summed E-state index contributed by atoms with van der Waals surface area (Å²) in [6.45, 7) is 0. The zero-order chi connectivity index (χ0) is 18.0. The number of carbonyl (C=O) groups is 1. The minimum Gasteiger partial charge on any atom is -0.272 e. The summed E-state index contributed by atoms with van der Waals surface area (Å²) in [6.07, 6.45) is 4.22. The lowest BCUT2D eigenvalue weighted by atomic mass is 10.0. The van der Waals surface area contributed by atoms with Crippen molar-refractivity contribution in [3.8, 4) is 11.1 Å². The fraction of sp³-hybridized carbons (Fsp3) is 0.0625. The molecule has 2 N–H and O–H groups in total. The van der Waals surface area contributed by atoms with Crippen molar-refractivity contribution in [2.45, 2.75) is 0 Å². The van der Waals surface area contributed by atoms with E-state index in [1.54, 1.807) is 30.6 Å². The number of amides is 1. The van der Waals surface area contributed by atoms with E-state index in [4.69, 9.17) is 11.6 Å². The summed E-state index contributed by atoms with van der Waals surface area (Å²) in [6, 6.07) is 10.4. The van der Waals surface area contributed by atoms with E-state index in [2.05, 4.69) is 15.4 Å². The van der Waals surface area contributed by atoms with Crippen LogP contribution in [0.3, 0.4) is 0 Å². The summed E-state index contributed by atoms with van der Waals surface area (Å²) in [5.41, 5.74) is 4.33. The summed E-state index contributed by atoms with van der Waals surface area (Å²) < 4.78 is 22.2. The van der Waals surface area contributed by atoms with Crippen molar-refractivity contribution in [1.82, 2.24) is 20.2 Å². The maximum absolute atomic E-state index is 12.1. The molecule has 9 heteroatoms. The molecule has 0 saturated heterocycles. The minimum atomic E-state index is -3.56. The molecule has 7 nitrogen and oxygen atoms in total. The molecule has 0 radical (unpaired) electrons. The molecule has 1 aromatic carbocycles. The molecule has 0 aliphatic rings. The molecule has 0 spiro atoms. The van der Waals surface area contributed by atoms with Gasteiger partial charge >= 0.3 is 0 Å². The number of nitrogens with one attached hydrogen (secondary N) is 2. The van der Waals surface area contributed by atoms with Crippen LogP contribution in [0.5, 0.6) is 0 Å². The van der Waals surface area contributed by atoms with Gasteiger partial charge in [-0.2, -0.15) is 0 Å². The third kappa shape index (κ3) is 4.11. The molecule has 3 aromatic rings. The van der Waals surface area contributed by atoms with Crippen molar-refractivity contribution >= 4 is 38.4 Å². The second-order valence-corrected chi connectivity index (χ2v) is 7.48. The zero-order valence-corrected chi connectivity index (χ0v) is 14.6. The Bertz CT molecular complexity index is 1050. The molecule has 2 heterocycles. The Morgan fingerprint density at radius 1 is 1.08 bits per heavy atom. The first-order valence-electron chi connectivity index (χ1n) is 7.11. The lowest BCUT2D eigenvalue weighted by Crippen LogP contribution is -2.41. The molecule has 1 amide bonds. The highest BCUT2D eigenvalue weighted by atomic mass is 35.5. The number of carbonyl (C=O) groups excluding carboxylic acids is 1. The standard InChI is InChI=1S/C16H13ClN4O3S/c1-25(23,24)21-20-16(22)14-7-4-11-8-18-9-13(15(11)19-14)10-2-5-12(17)6-3-10/h2-9,21H,1H3,(H,20,22). The maximum atomic E-state index is 12.1. The Balaban J connectivity index is 2.02. The smallest absolute Gasteiger partial charge is 0.272 e. The van der Waals surface area contributed by atoms with E-state index in [0.29, 0.717) is 10.5 Å². The van der Waals surface area contributed by atoms with Gasteiger partial charge < -0.3 is 0 Å². The van der Waals surface area contributed by atoms with Gasteiger partial charge in [0.15, 0.2) is 0 Å². The van der Waals surface area contributed by atoms with Crippen molar-refractivity contribution in [3.63, 3.8) is 0 Å². The molecule has 128 valence electrons. The fourth-order valence-electron chi connectivity index (χ4n) is 2.21. The van der Waals surface area contributed by atoms with Crippen molar-refractivity contribution in [3.05, 3.63) is 59.5 Å². The van der Waals surface area contributed by atoms with Gasteiger partial charge in [-0.05, 0) is 29.8 Å². The number of pyridine rings is 2. The van der Waals surface area contributed by atoms with E-state index in [1.807, 2.05) is 17.0 Å². The number of hydrazine groups is 1.